The molecule has 0 aliphatic rings. The molecule has 0 fully saturated rings. The summed E-state index contributed by atoms with van der Waals surface area (Å²) in [5.74, 6) is 0.169. The Morgan fingerprint density at radius 3 is 2.59 bits per heavy atom. The number of likely N-dealkylation sites (N-methyl/N-ethyl adjacent to an activating group) is 1. The van der Waals surface area contributed by atoms with Gasteiger partial charge in [-0.2, -0.15) is 0 Å². The van der Waals surface area contributed by atoms with Gasteiger partial charge in [-0.25, -0.2) is 0 Å². The number of carbonyl (C=O) groups is 1. The second kappa shape index (κ2) is 7.13. The first-order valence-electron chi connectivity index (χ1n) is 5.81. The highest BCUT2D eigenvalue weighted by molar-refractivity contribution is 9.10. The summed E-state index contributed by atoms with van der Waals surface area (Å²) in [6.07, 6.45) is 0. The van der Waals surface area contributed by atoms with Crippen LogP contribution in [0, 0.1) is 6.92 Å². The fraction of sp³-hybridized carbons (Fsp3) is 0.583. The maximum absolute atomic E-state index is 11.7. The third-order valence-electron chi connectivity index (χ3n) is 2.60. The van der Waals surface area contributed by atoms with Crippen molar-refractivity contribution in [3.8, 4) is 0 Å². The summed E-state index contributed by atoms with van der Waals surface area (Å²) in [5, 5.41) is 3.19. The zero-order valence-corrected chi connectivity index (χ0v) is 12.9. The number of amides is 1. The Balaban J connectivity index is 2.35. The topological polar surface area (TPSA) is 32.3 Å². The van der Waals surface area contributed by atoms with Crippen LogP contribution in [0.3, 0.4) is 0 Å². The van der Waals surface area contributed by atoms with E-state index >= 15 is 0 Å². The van der Waals surface area contributed by atoms with E-state index in [2.05, 4.69) is 34.2 Å². The maximum Gasteiger partial charge on any atom is 0.236 e. The number of carbonyl (C=O) groups excluding carboxylic acids is 1. The van der Waals surface area contributed by atoms with Gasteiger partial charge in [0.1, 0.15) is 0 Å². The summed E-state index contributed by atoms with van der Waals surface area (Å²) in [6, 6.07) is 2.11. The Labute approximate surface area is 115 Å². The quantitative estimate of drug-likeness (QED) is 0.874. The summed E-state index contributed by atoms with van der Waals surface area (Å²) >= 11 is 5.24. The Bertz CT molecular complexity index is 355. The van der Waals surface area contributed by atoms with E-state index in [9.17, 15) is 4.79 Å². The van der Waals surface area contributed by atoms with Crippen LogP contribution >= 0.6 is 27.3 Å². The Morgan fingerprint density at radius 1 is 1.47 bits per heavy atom. The highest BCUT2D eigenvalue weighted by Crippen LogP contribution is 2.25. The van der Waals surface area contributed by atoms with Gasteiger partial charge in [-0.1, -0.05) is 0 Å². The van der Waals surface area contributed by atoms with Crippen LogP contribution in [-0.4, -0.2) is 30.4 Å². The van der Waals surface area contributed by atoms with Gasteiger partial charge in [0.2, 0.25) is 5.91 Å². The van der Waals surface area contributed by atoms with Gasteiger partial charge in [-0.05, 0) is 42.8 Å². The molecule has 1 aromatic rings. The van der Waals surface area contributed by atoms with E-state index in [0.717, 1.165) is 24.1 Å². The van der Waals surface area contributed by atoms with E-state index in [1.807, 2.05) is 18.7 Å². The maximum atomic E-state index is 11.7. The van der Waals surface area contributed by atoms with Crippen LogP contribution in [0.1, 0.15) is 23.6 Å². The lowest BCUT2D eigenvalue weighted by Crippen LogP contribution is -2.37. The highest BCUT2D eigenvalue weighted by atomic mass is 79.9. The summed E-state index contributed by atoms with van der Waals surface area (Å²) in [7, 11) is 0. The number of nitrogens with one attached hydrogen (secondary N) is 1. The molecule has 3 nitrogen and oxygen atoms in total. The standard InChI is InChI=1S/C12H19BrN2OS/c1-4-15(5-2)12(16)8-14-7-10-6-11(13)9(3)17-10/h6,14H,4-5,7-8H2,1-3H3. The average molecular weight is 319 g/mol. The summed E-state index contributed by atoms with van der Waals surface area (Å²) in [4.78, 5) is 16.1. The minimum Gasteiger partial charge on any atom is -0.342 e. The Morgan fingerprint density at radius 2 is 2.12 bits per heavy atom. The van der Waals surface area contributed by atoms with Crippen molar-refractivity contribution in [1.29, 1.82) is 0 Å². The average Bonchev–Trinajstić information content (AvgIpc) is 2.60. The molecule has 0 saturated carbocycles. The number of hydrogen-bond acceptors (Lipinski definition) is 3. The molecule has 1 N–H and O–H groups in total. The summed E-state index contributed by atoms with van der Waals surface area (Å²) in [5.41, 5.74) is 0. The molecular weight excluding hydrogens is 300 g/mol. The van der Waals surface area contributed by atoms with Gasteiger partial charge in [0.05, 0.1) is 6.54 Å². The van der Waals surface area contributed by atoms with Crippen molar-refractivity contribution >= 4 is 33.2 Å². The van der Waals surface area contributed by atoms with Gasteiger partial charge >= 0.3 is 0 Å². The molecule has 0 saturated heterocycles. The van der Waals surface area contributed by atoms with Gasteiger partial charge in [-0.3, -0.25) is 4.79 Å². The van der Waals surface area contributed by atoms with Crippen LogP contribution in [0.25, 0.3) is 0 Å². The molecule has 1 rings (SSSR count). The van der Waals surface area contributed by atoms with Gasteiger partial charge < -0.3 is 10.2 Å². The zero-order chi connectivity index (χ0) is 12.8. The third kappa shape index (κ3) is 4.41. The van der Waals surface area contributed by atoms with Crippen molar-refractivity contribution in [2.45, 2.75) is 27.3 Å². The minimum absolute atomic E-state index is 0.169. The van der Waals surface area contributed by atoms with E-state index in [1.54, 1.807) is 11.3 Å². The summed E-state index contributed by atoms with van der Waals surface area (Å²) in [6.45, 7) is 8.81. The molecule has 5 heteroatoms. The molecule has 1 heterocycles. The smallest absolute Gasteiger partial charge is 0.236 e. The largest absolute Gasteiger partial charge is 0.342 e. The monoisotopic (exact) mass is 318 g/mol. The normalized spacial score (nSPS) is 10.6. The molecule has 17 heavy (non-hydrogen) atoms. The van der Waals surface area contributed by atoms with Crippen LogP contribution in [0.5, 0.6) is 0 Å². The Hall–Kier alpha value is -0.390. The molecule has 0 aliphatic carbocycles. The van der Waals surface area contributed by atoms with Crippen molar-refractivity contribution in [1.82, 2.24) is 10.2 Å². The van der Waals surface area contributed by atoms with Crippen LogP contribution in [0.2, 0.25) is 0 Å². The second-order valence-electron chi connectivity index (χ2n) is 3.79. The number of rotatable bonds is 6. The number of aryl methyl sites for hydroxylation is 1. The first kappa shape index (κ1) is 14.7. The van der Waals surface area contributed by atoms with Gasteiger partial charge in [0.15, 0.2) is 0 Å². The predicted molar refractivity (Wildman–Crippen MR) is 76.4 cm³/mol. The lowest BCUT2D eigenvalue weighted by molar-refractivity contribution is -0.129. The molecular formula is C12H19BrN2OS. The SMILES string of the molecule is CCN(CC)C(=O)CNCc1cc(Br)c(C)s1. The number of nitrogens with zero attached hydrogens (tertiary/aromatic N) is 1. The van der Waals surface area contributed by atoms with E-state index in [4.69, 9.17) is 0 Å². The van der Waals surface area contributed by atoms with Crippen molar-refractivity contribution in [3.63, 3.8) is 0 Å². The Kier molecular flexibility index (Phi) is 6.16. The van der Waals surface area contributed by atoms with Crippen molar-refractivity contribution in [3.05, 3.63) is 20.3 Å². The van der Waals surface area contributed by atoms with Gasteiger partial charge in [0, 0.05) is 33.9 Å². The first-order valence-corrected chi connectivity index (χ1v) is 7.42. The molecule has 96 valence electrons. The van der Waals surface area contributed by atoms with Gasteiger partial charge in [-0.15, -0.1) is 11.3 Å². The second-order valence-corrected chi connectivity index (χ2v) is 5.98. The predicted octanol–water partition coefficient (Wildman–Crippen LogP) is 2.78. The molecule has 1 aromatic heterocycles. The van der Waals surface area contributed by atoms with Crippen molar-refractivity contribution < 1.29 is 4.79 Å². The number of hydrogen-bond donors (Lipinski definition) is 1. The fourth-order valence-corrected chi connectivity index (χ4v) is 3.16. The van der Waals surface area contributed by atoms with Gasteiger partial charge in [0.25, 0.3) is 0 Å². The lowest BCUT2D eigenvalue weighted by Gasteiger charge is -2.18. The molecule has 0 bridgehead atoms. The molecule has 1 amide bonds. The third-order valence-corrected chi connectivity index (χ3v) is 4.74. The van der Waals surface area contributed by atoms with Crippen LogP contribution in [0.15, 0.2) is 10.5 Å². The van der Waals surface area contributed by atoms with Crippen LogP contribution in [0.4, 0.5) is 0 Å². The van der Waals surface area contributed by atoms with Crippen LogP contribution in [-0.2, 0) is 11.3 Å². The molecule has 0 spiro atoms. The van der Waals surface area contributed by atoms with E-state index in [1.165, 1.54) is 9.75 Å². The molecule has 0 radical (unpaired) electrons. The molecule has 0 aromatic carbocycles. The van der Waals surface area contributed by atoms with Crippen molar-refractivity contribution in [2.24, 2.45) is 0 Å². The first-order chi connectivity index (χ1) is 8.08. The molecule has 0 atom stereocenters. The fourth-order valence-electron chi connectivity index (χ4n) is 1.59. The van der Waals surface area contributed by atoms with E-state index in [0.29, 0.717) is 6.54 Å². The molecule has 0 aliphatic heterocycles. The van der Waals surface area contributed by atoms with E-state index in [-0.39, 0.29) is 5.91 Å². The lowest BCUT2D eigenvalue weighted by atomic mass is 10.4. The van der Waals surface area contributed by atoms with Crippen LogP contribution < -0.4 is 5.32 Å². The zero-order valence-electron chi connectivity index (χ0n) is 10.5. The number of thiophene rings is 1. The summed E-state index contributed by atoms with van der Waals surface area (Å²) < 4.78 is 1.15. The highest BCUT2D eigenvalue weighted by Gasteiger charge is 2.09. The molecule has 0 unspecified atom stereocenters. The van der Waals surface area contributed by atoms with Crippen molar-refractivity contribution in [2.75, 3.05) is 19.6 Å². The minimum atomic E-state index is 0.169. The van der Waals surface area contributed by atoms with E-state index < -0.39 is 0 Å². The number of halogens is 1.